The van der Waals surface area contributed by atoms with Gasteiger partial charge in [-0.25, -0.2) is 0 Å². The molecule has 1 rings (SSSR count). The number of unbranched alkanes of at least 4 members (excludes halogenated alkanes) is 30. The van der Waals surface area contributed by atoms with Gasteiger partial charge in [-0.1, -0.05) is 237 Å². The molecule has 0 spiro atoms. The molecule has 0 bridgehead atoms. The van der Waals surface area contributed by atoms with Crippen LogP contribution in [0.2, 0.25) is 0 Å². The maximum Gasteiger partial charge on any atom is 0.00218 e. The Labute approximate surface area is 285 Å². The Morgan fingerprint density at radius 3 is 0.867 bits per heavy atom. The summed E-state index contributed by atoms with van der Waals surface area (Å²) in [6, 6.07) is 11.2. The van der Waals surface area contributed by atoms with Crippen LogP contribution < -0.4 is 0 Å². The van der Waals surface area contributed by atoms with Gasteiger partial charge in [0.15, 0.2) is 0 Å². The second kappa shape index (κ2) is 36.0. The predicted molar refractivity (Wildman–Crippen MR) is 206 cm³/mol. The third-order valence-corrected chi connectivity index (χ3v) is 10.2. The zero-order valence-corrected chi connectivity index (χ0v) is 31.3. The first-order chi connectivity index (χ1) is 22.4. The van der Waals surface area contributed by atoms with E-state index in [-0.39, 0.29) is 0 Å². The van der Waals surface area contributed by atoms with Crippen LogP contribution in [0.3, 0.4) is 0 Å². The molecule has 0 N–H and O–H groups in total. The van der Waals surface area contributed by atoms with Gasteiger partial charge >= 0.3 is 0 Å². The molecule has 0 amide bonds. The van der Waals surface area contributed by atoms with Gasteiger partial charge in [0.2, 0.25) is 0 Å². The lowest BCUT2D eigenvalue weighted by Crippen LogP contribution is -2.28. The molecule has 0 aliphatic carbocycles. The Bertz CT molecular complexity index is 618. The van der Waals surface area contributed by atoms with Crippen LogP contribution >= 0.6 is 0 Å². The molecular formula is C44H83N. The molecule has 45 heavy (non-hydrogen) atoms. The molecule has 1 aromatic carbocycles. The standard InChI is InChI=1S/C44H83N/c1-3-5-7-9-11-13-15-17-19-21-23-25-27-29-31-36-41-45(43-40-44-38-34-33-35-39-44)42-37-32-30-28-26-24-22-20-18-16-14-12-10-8-6-4-2/h33-35,38-39H,3-32,36-37,40-43H2,1-2H3. The van der Waals surface area contributed by atoms with Crippen LogP contribution in [0.4, 0.5) is 0 Å². The van der Waals surface area contributed by atoms with Crippen LogP contribution in [-0.4, -0.2) is 24.5 Å². The molecule has 0 aliphatic heterocycles. The molecular weight excluding hydrogens is 542 g/mol. The van der Waals surface area contributed by atoms with Gasteiger partial charge in [0.1, 0.15) is 0 Å². The minimum Gasteiger partial charge on any atom is -0.303 e. The Morgan fingerprint density at radius 1 is 0.311 bits per heavy atom. The predicted octanol–water partition coefficient (Wildman–Crippen LogP) is 15.1. The molecule has 0 saturated heterocycles. The first kappa shape index (κ1) is 42.2. The highest BCUT2D eigenvalue weighted by Crippen LogP contribution is 2.16. The van der Waals surface area contributed by atoms with E-state index in [1.807, 2.05) is 0 Å². The van der Waals surface area contributed by atoms with Crippen molar-refractivity contribution in [2.24, 2.45) is 0 Å². The third kappa shape index (κ3) is 31.5. The highest BCUT2D eigenvalue weighted by atomic mass is 15.1. The van der Waals surface area contributed by atoms with Gasteiger partial charge < -0.3 is 4.90 Å². The fourth-order valence-corrected chi connectivity index (χ4v) is 7.03. The molecule has 0 atom stereocenters. The highest BCUT2D eigenvalue weighted by molar-refractivity contribution is 5.14. The van der Waals surface area contributed by atoms with Crippen LogP contribution in [0.25, 0.3) is 0 Å². The van der Waals surface area contributed by atoms with Gasteiger partial charge in [-0.3, -0.25) is 0 Å². The van der Waals surface area contributed by atoms with Gasteiger partial charge in [-0.05, 0) is 37.9 Å². The zero-order valence-electron chi connectivity index (χ0n) is 31.3. The van der Waals surface area contributed by atoms with Crippen LogP contribution in [0, 0.1) is 0 Å². The highest BCUT2D eigenvalue weighted by Gasteiger charge is 2.06. The molecule has 0 unspecified atom stereocenters. The van der Waals surface area contributed by atoms with Crippen molar-refractivity contribution in [2.75, 3.05) is 19.6 Å². The Kier molecular flexibility index (Phi) is 33.8. The zero-order chi connectivity index (χ0) is 32.1. The number of rotatable bonds is 37. The van der Waals surface area contributed by atoms with E-state index in [1.165, 1.54) is 237 Å². The smallest absolute Gasteiger partial charge is 0.00218 e. The average molecular weight is 626 g/mol. The van der Waals surface area contributed by atoms with Crippen molar-refractivity contribution < 1.29 is 0 Å². The molecule has 0 aliphatic rings. The van der Waals surface area contributed by atoms with Crippen molar-refractivity contribution in [1.82, 2.24) is 4.90 Å². The van der Waals surface area contributed by atoms with E-state index in [9.17, 15) is 0 Å². The largest absolute Gasteiger partial charge is 0.303 e. The maximum atomic E-state index is 2.79. The summed E-state index contributed by atoms with van der Waals surface area (Å²) >= 11 is 0. The second-order valence-corrected chi connectivity index (χ2v) is 14.7. The van der Waals surface area contributed by atoms with Crippen LogP contribution in [0.15, 0.2) is 30.3 Å². The van der Waals surface area contributed by atoms with Crippen molar-refractivity contribution in [3.8, 4) is 0 Å². The van der Waals surface area contributed by atoms with Crippen molar-refractivity contribution >= 4 is 0 Å². The fourth-order valence-electron chi connectivity index (χ4n) is 7.03. The first-order valence-corrected chi connectivity index (χ1v) is 21.1. The van der Waals surface area contributed by atoms with E-state index in [0.717, 1.165) is 0 Å². The quantitative estimate of drug-likeness (QED) is 0.0665. The van der Waals surface area contributed by atoms with Crippen LogP contribution in [0.1, 0.15) is 225 Å². The molecule has 1 heteroatoms. The number of benzene rings is 1. The van der Waals surface area contributed by atoms with Crippen LogP contribution in [0.5, 0.6) is 0 Å². The summed E-state index contributed by atoms with van der Waals surface area (Å²) in [7, 11) is 0. The van der Waals surface area contributed by atoms with Crippen molar-refractivity contribution in [3.05, 3.63) is 35.9 Å². The summed E-state index contributed by atoms with van der Waals surface area (Å²) in [6.07, 6.45) is 47.7. The number of hydrogen-bond acceptors (Lipinski definition) is 1. The maximum absolute atomic E-state index is 2.79. The SMILES string of the molecule is CCCCCCCCCCCCCCCCCCN(CCCCCCCCCCCCCCCCCC)CCc1ccccc1. The van der Waals surface area contributed by atoms with Gasteiger partial charge in [-0.2, -0.15) is 0 Å². The number of nitrogens with zero attached hydrogens (tertiary/aromatic N) is 1. The summed E-state index contributed by atoms with van der Waals surface area (Å²) in [4.78, 5) is 2.79. The Balaban J connectivity index is 2.00. The van der Waals surface area contributed by atoms with E-state index in [4.69, 9.17) is 0 Å². The van der Waals surface area contributed by atoms with E-state index in [0.29, 0.717) is 0 Å². The number of hydrogen-bond donors (Lipinski definition) is 0. The van der Waals surface area contributed by atoms with Gasteiger partial charge in [-0.15, -0.1) is 0 Å². The van der Waals surface area contributed by atoms with Crippen molar-refractivity contribution in [2.45, 2.75) is 226 Å². The molecule has 1 aromatic rings. The molecule has 1 nitrogen and oxygen atoms in total. The summed E-state index contributed by atoms with van der Waals surface area (Å²) in [6.45, 7) is 8.48. The molecule has 0 radical (unpaired) electrons. The Morgan fingerprint density at radius 2 is 0.578 bits per heavy atom. The molecule has 0 heterocycles. The van der Waals surface area contributed by atoms with E-state index in [2.05, 4.69) is 49.1 Å². The molecule has 0 fully saturated rings. The summed E-state index contributed by atoms with van der Waals surface area (Å²) in [5.74, 6) is 0. The van der Waals surface area contributed by atoms with Gasteiger partial charge in [0.25, 0.3) is 0 Å². The molecule has 0 aromatic heterocycles. The minimum absolute atomic E-state index is 1.21. The summed E-state index contributed by atoms with van der Waals surface area (Å²) < 4.78 is 0. The average Bonchev–Trinajstić information content (AvgIpc) is 3.06. The monoisotopic (exact) mass is 626 g/mol. The normalized spacial score (nSPS) is 11.6. The van der Waals surface area contributed by atoms with E-state index in [1.54, 1.807) is 0 Å². The summed E-state index contributed by atoms with van der Waals surface area (Å²) in [5, 5.41) is 0. The second-order valence-electron chi connectivity index (χ2n) is 14.7. The third-order valence-electron chi connectivity index (χ3n) is 10.2. The van der Waals surface area contributed by atoms with Crippen molar-refractivity contribution in [1.29, 1.82) is 0 Å². The topological polar surface area (TPSA) is 3.24 Å². The fraction of sp³-hybridized carbons (Fsp3) is 0.864. The lowest BCUT2D eigenvalue weighted by atomic mass is 10.0. The van der Waals surface area contributed by atoms with Gasteiger partial charge in [0, 0.05) is 6.54 Å². The lowest BCUT2D eigenvalue weighted by molar-refractivity contribution is 0.263. The van der Waals surface area contributed by atoms with E-state index < -0.39 is 0 Å². The minimum atomic E-state index is 1.21. The first-order valence-electron chi connectivity index (χ1n) is 21.1. The molecule has 264 valence electrons. The van der Waals surface area contributed by atoms with E-state index >= 15 is 0 Å². The van der Waals surface area contributed by atoms with Crippen LogP contribution in [-0.2, 0) is 6.42 Å². The Hall–Kier alpha value is -0.820. The van der Waals surface area contributed by atoms with Gasteiger partial charge in [0.05, 0.1) is 0 Å². The lowest BCUT2D eigenvalue weighted by Gasteiger charge is -2.22. The summed E-state index contributed by atoms with van der Waals surface area (Å²) in [5.41, 5.74) is 1.50. The van der Waals surface area contributed by atoms with Crippen molar-refractivity contribution in [3.63, 3.8) is 0 Å². The molecule has 0 saturated carbocycles.